The first-order valence-electron chi connectivity index (χ1n) is 10.3. The Morgan fingerprint density at radius 2 is 1.57 bits per heavy atom. The zero-order valence-electron chi connectivity index (χ0n) is 17.3. The largest absolute Gasteiger partial charge is 0.493 e. The first kappa shape index (κ1) is 22.4. The summed E-state index contributed by atoms with van der Waals surface area (Å²) in [5, 5.41) is 0.666. The molecule has 0 radical (unpaired) electrons. The number of aryl methyl sites for hydroxylation is 1. The van der Waals surface area contributed by atoms with Crippen molar-refractivity contribution >= 4 is 29.3 Å². The highest BCUT2D eigenvalue weighted by Crippen LogP contribution is 2.22. The second-order valence-electron chi connectivity index (χ2n) is 7.44. The average Bonchev–Trinajstić information content (AvgIpc) is 2.77. The number of rotatable bonds is 5. The van der Waals surface area contributed by atoms with Crippen LogP contribution in [-0.2, 0) is 19.1 Å². The molecule has 164 valence electrons. The fourth-order valence-electron chi connectivity index (χ4n) is 3.53. The number of ether oxygens (including phenoxy) is 2. The van der Waals surface area contributed by atoms with Gasteiger partial charge in [-0.3, -0.25) is 14.4 Å². The van der Waals surface area contributed by atoms with Crippen LogP contribution in [0.1, 0.15) is 18.4 Å². The molecule has 2 heterocycles. The van der Waals surface area contributed by atoms with E-state index in [9.17, 15) is 14.4 Å². The average molecular weight is 438 g/mol. The highest BCUT2D eigenvalue weighted by molar-refractivity contribution is 6.35. The van der Waals surface area contributed by atoms with E-state index >= 15 is 0 Å². The Hall–Kier alpha value is -2.32. The molecule has 0 N–H and O–H groups in total. The second kappa shape index (κ2) is 10.6. The van der Waals surface area contributed by atoms with Crippen LogP contribution in [0, 0.1) is 6.92 Å². The van der Waals surface area contributed by atoms with Crippen molar-refractivity contribution < 1.29 is 23.9 Å². The summed E-state index contributed by atoms with van der Waals surface area (Å²) in [6.07, 6.45) is 0.989. The SMILES string of the molecule is Cc1cc(Cl)ccc1OCCCC(=O)N1CCN(C(=O)C(=O)N2CCOCC2)CC1. The predicted octanol–water partition coefficient (Wildman–Crippen LogP) is 1.34. The van der Waals surface area contributed by atoms with Gasteiger partial charge in [0, 0.05) is 50.7 Å². The van der Waals surface area contributed by atoms with Gasteiger partial charge in [-0.05, 0) is 37.1 Å². The molecule has 2 saturated heterocycles. The molecule has 3 amide bonds. The Morgan fingerprint density at radius 1 is 0.967 bits per heavy atom. The van der Waals surface area contributed by atoms with Crippen LogP contribution in [0.5, 0.6) is 5.75 Å². The minimum Gasteiger partial charge on any atom is -0.493 e. The minimum absolute atomic E-state index is 0.0398. The van der Waals surface area contributed by atoms with Crippen molar-refractivity contribution in [3.05, 3.63) is 28.8 Å². The number of morpholine rings is 1. The van der Waals surface area contributed by atoms with Crippen LogP contribution in [0.4, 0.5) is 0 Å². The van der Waals surface area contributed by atoms with Gasteiger partial charge >= 0.3 is 11.8 Å². The molecule has 1 aromatic carbocycles. The van der Waals surface area contributed by atoms with E-state index in [1.54, 1.807) is 11.0 Å². The topological polar surface area (TPSA) is 79.4 Å². The number of carbonyl (C=O) groups excluding carboxylic acids is 3. The molecule has 8 nitrogen and oxygen atoms in total. The van der Waals surface area contributed by atoms with Gasteiger partial charge < -0.3 is 24.2 Å². The molecule has 1 aromatic rings. The van der Waals surface area contributed by atoms with Gasteiger partial charge in [-0.2, -0.15) is 0 Å². The van der Waals surface area contributed by atoms with Crippen LogP contribution in [0.25, 0.3) is 0 Å². The maximum Gasteiger partial charge on any atom is 0.312 e. The molecule has 2 aliphatic heterocycles. The number of carbonyl (C=O) groups is 3. The van der Waals surface area contributed by atoms with Gasteiger partial charge in [0.1, 0.15) is 5.75 Å². The number of piperazine rings is 1. The molecule has 0 aromatic heterocycles. The predicted molar refractivity (Wildman–Crippen MR) is 111 cm³/mol. The first-order chi connectivity index (χ1) is 14.5. The Kier molecular flexibility index (Phi) is 7.93. The van der Waals surface area contributed by atoms with Crippen molar-refractivity contribution in [2.24, 2.45) is 0 Å². The number of halogens is 1. The zero-order chi connectivity index (χ0) is 21.5. The molecule has 0 atom stereocenters. The summed E-state index contributed by atoms with van der Waals surface area (Å²) < 4.78 is 10.9. The summed E-state index contributed by atoms with van der Waals surface area (Å²) in [6, 6.07) is 5.44. The Labute approximate surface area is 181 Å². The third kappa shape index (κ3) is 5.86. The number of hydrogen-bond donors (Lipinski definition) is 0. The van der Waals surface area contributed by atoms with E-state index in [-0.39, 0.29) is 5.91 Å². The van der Waals surface area contributed by atoms with Gasteiger partial charge in [0.15, 0.2) is 0 Å². The van der Waals surface area contributed by atoms with Crippen molar-refractivity contribution in [3.8, 4) is 5.75 Å². The molecular formula is C21H28ClN3O5. The van der Waals surface area contributed by atoms with E-state index in [4.69, 9.17) is 21.1 Å². The van der Waals surface area contributed by atoms with Crippen LogP contribution in [0.2, 0.25) is 5.02 Å². The third-order valence-corrected chi connectivity index (χ3v) is 5.57. The lowest BCUT2D eigenvalue weighted by molar-refractivity contribution is -0.155. The van der Waals surface area contributed by atoms with E-state index in [2.05, 4.69) is 0 Å². The van der Waals surface area contributed by atoms with Gasteiger partial charge in [-0.25, -0.2) is 0 Å². The van der Waals surface area contributed by atoms with Crippen molar-refractivity contribution in [2.45, 2.75) is 19.8 Å². The molecule has 9 heteroatoms. The smallest absolute Gasteiger partial charge is 0.312 e. The summed E-state index contributed by atoms with van der Waals surface area (Å²) in [5.41, 5.74) is 0.959. The van der Waals surface area contributed by atoms with E-state index in [1.807, 2.05) is 19.1 Å². The summed E-state index contributed by atoms with van der Waals surface area (Å²) in [6.45, 7) is 5.82. The third-order valence-electron chi connectivity index (χ3n) is 5.33. The van der Waals surface area contributed by atoms with E-state index in [0.717, 1.165) is 11.3 Å². The molecule has 0 saturated carbocycles. The van der Waals surface area contributed by atoms with Gasteiger partial charge in [0.2, 0.25) is 5.91 Å². The van der Waals surface area contributed by atoms with Crippen molar-refractivity contribution in [1.29, 1.82) is 0 Å². The fraction of sp³-hybridized carbons (Fsp3) is 0.571. The normalized spacial score (nSPS) is 17.1. The van der Waals surface area contributed by atoms with Crippen LogP contribution in [0.15, 0.2) is 18.2 Å². The number of nitrogens with zero attached hydrogens (tertiary/aromatic N) is 3. The fourth-order valence-corrected chi connectivity index (χ4v) is 3.76. The maximum absolute atomic E-state index is 12.4. The van der Waals surface area contributed by atoms with Crippen LogP contribution in [-0.4, -0.2) is 91.5 Å². The molecule has 2 aliphatic rings. The Balaban J connectivity index is 1.36. The van der Waals surface area contributed by atoms with E-state index in [0.29, 0.717) is 77.0 Å². The first-order valence-corrected chi connectivity index (χ1v) is 10.7. The van der Waals surface area contributed by atoms with Crippen molar-refractivity contribution in [3.63, 3.8) is 0 Å². The standard InChI is InChI=1S/C21H28ClN3O5/c1-16-15-17(22)4-5-18(16)30-12-2-3-19(26)23-6-8-24(9-7-23)20(27)21(28)25-10-13-29-14-11-25/h4-5,15H,2-3,6-14H2,1H3. The zero-order valence-corrected chi connectivity index (χ0v) is 18.0. The second-order valence-corrected chi connectivity index (χ2v) is 7.88. The van der Waals surface area contributed by atoms with Gasteiger partial charge in [-0.15, -0.1) is 0 Å². The Bertz CT molecular complexity index is 774. The van der Waals surface area contributed by atoms with Crippen molar-refractivity contribution in [2.75, 3.05) is 59.1 Å². The van der Waals surface area contributed by atoms with E-state index < -0.39 is 11.8 Å². The summed E-state index contributed by atoms with van der Waals surface area (Å²) in [5.74, 6) is -0.162. The number of hydrogen-bond acceptors (Lipinski definition) is 5. The van der Waals surface area contributed by atoms with Gasteiger partial charge in [0.25, 0.3) is 0 Å². The monoisotopic (exact) mass is 437 g/mol. The molecule has 30 heavy (non-hydrogen) atoms. The van der Waals surface area contributed by atoms with Gasteiger partial charge in [-0.1, -0.05) is 11.6 Å². The molecule has 2 fully saturated rings. The highest BCUT2D eigenvalue weighted by Gasteiger charge is 2.31. The van der Waals surface area contributed by atoms with E-state index in [1.165, 1.54) is 9.80 Å². The molecule has 0 aliphatic carbocycles. The van der Waals surface area contributed by atoms with Crippen LogP contribution >= 0.6 is 11.6 Å². The molecular weight excluding hydrogens is 410 g/mol. The maximum atomic E-state index is 12.4. The van der Waals surface area contributed by atoms with Crippen LogP contribution in [0.3, 0.4) is 0 Å². The lowest BCUT2D eigenvalue weighted by Gasteiger charge is -2.36. The summed E-state index contributed by atoms with van der Waals surface area (Å²) in [4.78, 5) is 42.0. The lowest BCUT2D eigenvalue weighted by Crippen LogP contribution is -2.55. The summed E-state index contributed by atoms with van der Waals surface area (Å²) >= 11 is 5.94. The van der Waals surface area contributed by atoms with Crippen LogP contribution < -0.4 is 4.74 Å². The molecule has 0 unspecified atom stereocenters. The quantitative estimate of drug-likeness (QED) is 0.513. The van der Waals surface area contributed by atoms with Gasteiger partial charge in [0.05, 0.1) is 19.8 Å². The number of amides is 3. The molecule has 0 spiro atoms. The molecule has 3 rings (SSSR count). The highest BCUT2D eigenvalue weighted by atomic mass is 35.5. The molecule has 0 bridgehead atoms. The summed E-state index contributed by atoms with van der Waals surface area (Å²) in [7, 11) is 0. The Morgan fingerprint density at radius 3 is 2.20 bits per heavy atom. The van der Waals surface area contributed by atoms with Crippen molar-refractivity contribution in [1.82, 2.24) is 14.7 Å². The lowest BCUT2D eigenvalue weighted by atomic mass is 10.2. The minimum atomic E-state index is -0.490. The number of benzene rings is 1.